The van der Waals surface area contributed by atoms with E-state index in [0.29, 0.717) is 12.8 Å². The molecule has 0 saturated carbocycles. The molecule has 29 heavy (non-hydrogen) atoms. The van der Waals surface area contributed by atoms with Crippen molar-refractivity contribution in [3.8, 4) is 0 Å². The van der Waals surface area contributed by atoms with E-state index in [-0.39, 0.29) is 11.8 Å². The van der Waals surface area contributed by atoms with Crippen LogP contribution in [0, 0.1) is 11.3 Å². The average molecular weight is 392 g/mol. The number of rotatable bonds is 3. The highest BCUT2D eigenvalue weighted by Gasteiger charge is 2.67. The molecule has 2 unspecified atom stereocenters. The molecule has 2 aromatic rings. The molecular weight excluding hydrogens is 368 g/mol. The second-order valence-corrected chi connectivity index (χ2v) is 8.33. The van der Waals surface area contributed by atoms with Gasteiger partial charge in [-0.3, -0.25) is 9.59 Å². The van der Waals surface area contributed by atoms with Crippen LogP contribution in [0.4, 0.5) is 0 Å². The first-order valence-corrected chi connectivity index (χ1v) is 10.2. The van der Waals surface area contributed by atoms with Gasteiger partial charge in [-0.1, -0.05) is 55.5 Å². The highest BCUT2D eigenvalue weighted by atomic mass is 16.6. The van der Waals surface area contributed by atoms with Crippen molar-refractivity contribution < 1.29 is 24.2 Å². The molecular formula is C24H24O5. The van der Waals surface area contributed by atoms with Crippen LogP contribution in [0.5, 0.6) is 0 Å². The van der Waals surface area contributed by atoms with Crippen molar-refractivity contribution in [1.82, 2.24) is 0 Å². The maximum absolute atomic E-state index is 13.4. The molecule has 1 heterocycles. The smallest absolute Gasteiger partial charge is 0.313 e. The summed E-state index contributed by atoms with van der Waals surface area (Å²) in [5.74, 6) is -2.30. The molecule has 0 amide bonds. The Morgan fingerprint density at radius 1 is 1.10 bits per heavy atom. The van der Waals surface area contributed by atoms with E-state index in [0.717, 1.165) is 11.1 Å². The van der Waals surface area contributed by atoms with Crippen molar-refractivity contribution in [1.29, 1.82) is 0 Å². The van der Waals surface area contributed by atoms with Gasteiger partial charge in [0.2, 0.25) is 0 Å². The minimum atomic E-state index is -1.19. The largest absolute Gasteiger partial charge is 0.469 e. The topological polar surface area (TPSA) is 72.8 Å². The minimum Gasteiger partial charge on any atom is -0.469 e. The molecule has 3 aliphatic carbocycles. The molecule has 4 atom stereocenters. The fraction of sp³-hybridized carbons (Fsp3) is 0.417. The Kier molecular flexibility index (Phi) is 4.07. The van der Waals surface area contributed by atoms with Crippen LogP contribution in [0.3, 0.4) is 0 Å². The van der Waals surface area contributed by atoms with Crippen molar-refractivity contribution in [2.75, 3.05) is 7.11 Å². The molecule has 2 bridgehead atoms. The highest BCUT2D eigenvalue weighted by molar-refractivity contribution is 5.90. The third-order valence-corrected chi connectivity index (χ3v) is 7.19. The summed E-state index contributed by atoms with van der Waals surface area (Å²) in [6.07, 6.45) is -0.710. The zero-order valence-electron chi connectivity index (χ0n) is 16.5. The summed E-state index contributed by atoms with van der Waals surface area (Å²) in [4.78, 5) is 26.4. The first kappa shape index (κ1) is 18.4. The monoisotopic (exact) mass is 392 g/mol. The number of fused-ring (bicyclic) bond motifs is 1. The summed E-state index contributed by atoms with van der Waals surface area (Å²) in [7, 11) is 1.36. The number of ether oxygens (including phenoxy) is 2. The Morgan fingerprint density at radius 3 is 2.14 bits per heavy atom. The van der Waals surface area contributed by atoms with Gasteiger partial charge in [0, 0.05) is 11.8 Å². The lowest BCUT2D eigenvalue weighted by Gasteiger charge is -2.53. The van der Waals surface area contributed by atoms with E-state index in [1.165, 1.54) is 18.2 Å². The third kappa shape index (κ3) is 2.25. The van der Waals surface area contributed by atoms with Crippen LogP contribution in [-0.4, -0.2) is 36.4 Å². The fourth-order valence-electron chi connectivity index (χ4n) is 6.06. The number of cyclic esters (lactones) is 1. The molecule has 1 saturated heterocycles. The Hall–Kier alpha value is -2.66. The van der Waals surface area contributed by atoms with Crippen LogP contribution in [0.1, 0.15) is 53.9 Å². The van der Waals surface area contributed by atoms with E-state index < -0.39 is 35.5 Å². The van der Waals surface area contributed by atoms with Gasteiger partial charge in [-0.15, -0.1) is 0 Å². The van der Waals surface area contributed by atoms with E-state index in [2.05, 4.69) is 12.1 Å². The Bertz CT molecular complexity index is 951. The van der Waals surface area contributed by atoms with E-state index in [1.54, 1.807) is 0 Å². The number of benzene rings is 2. The number of carbonyl (C=O) groups is 2. The van der Waals surface area contributed by atoms with E-state index in [4.69, 9.17) is 9.47 Å². The number of aliphatic hydroxyl groups excluding tert-OH is 1. The van der Waals surface area contributed by atoms with Gasteiger partial charge >= 0.3 is 11.9 Å². The Balaban J connectivity index is 1.78. The number of carbonyl (C=O) groups excluding carboxylic acids is 2. The van der Waals surface area contributed by atoms with Gasteiger partial charge in [-0.05, 0) is 35.1 Å². The SMILES string of the molecule is CC[C@@H]1OC(=O)C(C2(C(=O)OC)CC3c4ccccc4C2c2ccccc23)[C@@H]1O. The van der Waals surface area contributed by atoms with Crippen LogP contribution >= 0.6 is 0 Å². The Morgan fingerprint density at radius 2 is 1.66 bits per heavy atom. The molecule has 1 aliphatic heterocycles. The minimum absolute atomic E-state index is 0.0350. The Labute approximate surface area is 169 Å². The molecule has 0 spiro atoms. The van der Waals surface area contributed by atoms with Gasteiger partial charge in [0.15, 0.2) is 0 Å². The van der Waals surface area contributed by atoms with E-state index in [9.17, 15) is 14.7 Å². The van der Waals surface area contributed by atoms with Crippen LogP contribution < -0.4 is 0 Å². The van der Waals surface area contributed by atoms with Gasteiger partial charge in [-0.2, -0.15) is 0 Å². The molecule has 2 aromatic carbocycles. The standard InChI is InChI=1S/C24H24O5/c1-3-18-21(25)20(22(26)29-18)24(23(27)28-2)12-17-13-8-4-6-10-15(13)19(24)16-11-7-5-9-14(16)17/h4-11,17-21,25H,3,12H2,1-2H3/t17?,18-,19?,20?,21+,24?/m0/s1. The van der Waals surface area contributed by atoms with E-state index in [1.807, 2.05) is 43.3 Å². The molecule has 5 heteroatoms. The highest BCUT2D eigenvalue weighted by Crippen LogP contribution is 2.65. The first-order valence-electron chi connectivity index (χ1n) is 10.2. The summed E-state index contributed by atoms with van der Waals surface area (Å²) in [6.45, 7) is 1.87. The zero-order chi connectivity index (χ0) is 20.3. The summed E-state index contributed by atoms with van der Waals surface area (Å²) in [5.41, 5.74) is 3.25. The first-order chi connectivity index (χ1) is 14.0. The fourth-order valence-corrected chi connectivity index (χ4v) is 6.06. The summed E-state index contributed by atoms with van der Waals surface area (Å²) in [6, 6.07) is 16.2. The molecule has 150 valence electrons. The van der Waals surface area contributed by atoms with Crippen LogP contribution in [-0.2, 0) is 19.1 Å². The van der Waals surface area contributed by atoms with Crippen molar-refractivity contribution in [3.63, 3.8) is 0 Å². The van der Waals surface area contributed by atoms with Crippen molar-refractivity contribution in [2.24, 2.45) is 11.3 Å². The third-order valence-electron chi connectivity index (χ3n) is 7.19. The zero-order valence-corrected chi connectivity index (χ0v) is 16.5. The molecule has 1 fully saturated rings. The molecule has 4 aliphatic rings. The second kappa shape index (κ2) is 6.42. The van der Waals surface area contributed by atoms with E-state index >= 15 is 0 Å². The lowest BCUT2D eigenvalue weighted by molar-refractivity contribution is -0.168. The predicted octanol–water partition coefficient (Wildman–Crippen LogP) is 3.14. The predicted molar refractivity (Wildman–Crippen MR) is 105 cm³/mol. The second-order valence-electron chi connectivity index (χ2n) is 8.33. The quantitative estimate of drug-likeness (QED) is 0.813. The molecule has 6 rings (SSSR count). The number of hydrogen-bond donors (Lipinski definition) is 1. The maximum atomic E-state index is 13.4. The molecule has 0 radical (unpaired) electrons. The number of esters is 2. The van der Waals surface area contributed by atoms with Gasteiger partial charge in [0.05, 0.1) is 12.5 Å². The number of hydrogen-bond acceptors (Lipinski definition) is 5. The van der Waals surface area contributed by atoms with Gasteiger partial charge in [-0.25, -0.2) is 0 Å². The lowest BCUT2D eigenvalue weighted by Crippen LogP contribution is -2.55. The molecule has 5 nitrogen and oxygen atoms in total. The molecule has 1 N–H and O–H groups in total. The lowest BCUT2D eigenvalue weighted by atomic mass is 9.48. The average Bonchev–Trinajstić information content (AvgIpc) is 3.06. The normalized spacial score (nSPS) is 34.3. The summed E-state index contributed by atoms with van der Waals surface area (Å²) in [5, 5.41) is 11.1. The van der Waals surface area contributed by atoms with Gasteiger partial charge in [0.1, 0.15) is 18.1 Å². The van der Waals surface area contributed by atoms with Crippen LogP contribution in [0.25, 0.3) is 0 Å². The van der Waals surface area contributed by atoms with Crippen LogP contribution in [0.15, 0.2) is 48.5 Å². The van der Waals surface area contributed by atoms with Crippen LogP contribution in [0.2, 0.25) is 0 Å². The molecule has 0 aromatic heterocycles. The van der Waals surface area contributed by atoms with Gasteiger partial charge in [0.25, 0.3) is 0 Å². The summed E-state index contributed by atoms with van der Waals surface area (Å²) < 4.78 is 10.8. The van der Waals surface area contributed by atoms with Gasteiger partial charge < -0.3 is 14.6 Å². The van der Waals surface area contributed by atoms with Crippen molar-refractivity contribution in [2.45, 2.75) is 43.8 Å². The number of aliphatic hydroxyl groups is 1. The maximum Gasteiger partial charge on any atom is 0.313 e. The van der Waals surface area contributed by atoms with Crippen molar-refractivity contribution >= 4 is 11.9 Å². The van der Waals surface area contributed by atoms with Crippen molar-refractivity contribution in [3.05, 3.63) is 70.8 Å². The number of methoxy groups -OCH3 is 1. The summed E-state index contributed by atoms with van der Waals surface area (Å²) >= 11 is 0.